The number of anilines is 1. The minimum Gasteiger partial charge on any atom is -0.308 e. The van der Waals surface area contributed by atoms with Crippen LogP contribution in [0.5, 0.6) is 0 Å². The Labute approximate surface area is 83.9 Å². The monoisotopic (exact) mass is 212 g/mol. The molecule has 0 amide bonds. The van der Waals surface area contributed by atoms with E-state index in [0.717, 1.165) is 0 Å². The van der Waals surface area contributed by atoms with Crippen LogP contribution in [0.25, 0.3) is 10.9 Å². The predicted molar refractivity (Wildman–Crippen MR) is 52.3 cm³/mol. The summed E-state index contributed by atoms with van der Waals surface area (Å²) in [5.74, 6) is 4.93. The van der Waals surface area contributed by atoms with Crippen molar-refractivity contribution >= 4 is 28.3 Å². The minimum absolute atomic E-state index is 0.0241. The first-order valence-electron chi connectivity index (χ1n) is 3.81. The number of benzene rings is 1. The fourth-order valence-electron chi connectivity index (χ4n) is 1.22. The van der Waals surface area contributed by atoms with Crippen LogP contribution in [0.2, 0.25) is 5.28 Å². The van der Waals surface area contributed by atoms with Gasteiger partial charge in [-0.1, -0.05) is 6.07 Å². The van der Waals surface area contributed by atoms with E-state index in [2.05, 4.69) is 15.4 Å². The molecule has 1 aromatic heterocycles. The number of nitrogens with zero attached hydrogens (tertiary/aromatic N) is 2. The number of hydrogen-bond acceptors (Lipinski definition) is 4. The number of halogens is 2. The van der Waals surface area contributed by atoms with Crippen molar-refractivity contribution in [2.75, 3.05) is 5.43 Å². The van der Waals surface area contributed by atoms with E-state index in [0.29, 0.717) is 5.52 Å². The van der Waals surface area contributed by atoms with Gasteiger partial charge in [-0.25, -0.2) is 15.2 Å². The lowest BCUT2D eigenvalue weighted by molar-refractivity contribution is 0.639. The molecular formula is C8H6ClFN4. The van der Waals surface area contributed by atoms with Crippen LogP contribution in [0.15, 0.2) is 18.2 Å². The Bertz CT molecular complexity index is 488. The van der Waals surface area contributed by atoms with Gasteiger partial charge in [-0.3, -0.25) is 0 Å². The molecule has 0 aliphatic rings. The summed E-state index contributed by atoms with van der Waals surface area (Å²) in [4.78, 5) is 7.62. The number of rotatable bonds is 1. The van der Waals surface area contributed by atoms with Gasteiger partial charge in [-0.2, -0.15) is 4.98 Å². The van der Waals surface area contributed by atoms with Gasteiger partial charge >= 0.3 is 0 Å². The van der Waals surface area contributed by atoms with Crippen LogP contribution < -0.4 is 11.3 Å². The molecule has 0 fully saturated rings. The Morgan fingerprint density at radius 1 is 1.36 bits per heavy atom. The molecule has 2 rings (SSSR count). The lowest BCUT2D eigenvalue weighted by atomic mass is 10.2. The molecule has 14 heavy (non-hydrogen) atoms. The number of fused-ring (bicyclic) bond motifs is 1. The minimum atomic E-state index is -0.438. The van der Waals surface area contributed by atoms with Gasteiger partial charge in [-0.05, 0) is 23.7 Å². The molecule has 0 atom stereocenters. The molecule has 0 spiro atoms. The molecule has 2 aromatic rings. The predicted octanol–water partition coefficient (Wildman–Crippen LogP) is 1.71. The van der Waals surface area contributed by atoms with Gasteiger partial charge < -0.3 is 5.43 Å². The normalized spacial score (nSPS) is 10.5. The zero-order valence-electron chi connectivity index (χ0n) is 6.96. The van der Waals surface area contributed by atoms with Crippen LogP contribution in [0.1, 0.15) is 0 Å². The van der Waals surface area contributed by atoms with Gasteiger partial charge in [0.05, 0.1) is 10.9 Å². The second-order valence-corrected chi connectivity index (χ2v) is 2.96. The number of hydrogen-bond donors (Lipinski definition) is 2. The van der Waals surface area contributed by atoms with Crippen LogP contribution in [0.3, 0.4) is 0 Å². The molecule has 0 saturated carbocycles. The molecule has 0 aliphatic carbocycles. The van der Waals surface area contributed by atoms with Crippen molar-refractivity contribution in [3.05, 3.63) is 29.3 Å². The van der Waals surface area contributed by atoms with Crippen LogP contribution in [0, 0.1) is 5.82 Å². The van der Waals surface area contributed by atoms with E-state index in [4.69, 9.17) is 17.4 Å². The third-order valence-corrected chi connectivity index (χ3v) is 1.95. The molecule has 6 heteroatoms. The SMILES string of the molecule is NNc1nc(Cl)nc2cccc(F)c12. The first-order valence-corrected chi connectivity index (χ1v) is 4.18. The molecule has 3 N–H and O–H groups in total. The van der Waals surface area contributed by atoms with E-state index < -0.39 is 5.82 Å². The zero-order valence-corrected chi connectivity index (χ0v) is 7.72. The van der Waals surface area contributed by atoms with E-state index in [1.165, 1.54) is 6.07 Å². The van der Waals surface area contributed by atoms with Crippen molar-refractivity contribution < 1.29 is 4.39 Å². The number of nitrogen functional groups attached to an aromatic ring is 1. The third kappa shape index (κ3) is 1.36. The smallest absolute Gasteiger partial charge is 0.224 e. The highest BCUT2D eigenvalue weighted by molar-refractivity contribution is 6.28. The van der Waals surface area contributed by atoms with Crippen molar-refractivity contribution in [2.45, 2.75) is 0 Å². The Morgan fingerprint density at radius 2 is 2.14 bits per heavy atom. The van der Waals surface area contributed by atoms with E-state index in [1.54, 1.807) is 12.1 Å². The summed E-state index contributed by atoms with van der Waals surface area (Å²) in [6.45, 7) is 0. The summed E-state index contributed by atoms with van der Waals surface area (Å²) < 4.78 is 13.3. The summed E-state index contributed by atoms with van der Waals surface area (Å²) >= 11 is 5.61. The lowest BCUT2D eigenvalue weighted by Crippen LogP contribution is -2.10. The summed E-state index contributed by atoms with van der Waals surface area (Å²) in [5.41, 5.74) is 2.69. The maximum atomic E-state index is 13.3. The molecule has 72 valence electrons. The Morgan fingerprint density at radius 3 is 2.86 bits per heavy atom. The average Bonchev–Trinajstić information content (AvgIpc) is 2.16. The van der Waals surface area contributed by atoms with E-state index in [1.807, 2.05) is 0 Å². The van der Waals surface area contributed by atoms with Crippen LogP contribution in [-0.2, 0) is 0 Å². The van der Waals surface area contributed by atoms with E-state index >= 15 is 0 Å². The van der Waals surface area contributed by atoms with Crippen LogP contribution in [0.4, 0.5) is 10.2 Å². The van der Waals surface area contributed by atoms with Crippen molar-refractivity contribution in [3.8, 4) is 0 Å². The molecule has 4 nitrogen and oxygen atoms in total. The van der Waals surface area contributed by atoms with Crippen molar-refractivity contribution in [2.24, 2.45) is 5.84 Å². The highest BCUT2D eigenvalue weighted by Gasteiger charge is 2.09. The molecule has 0 unspecified atom stereocenters. The quantitative estimate of drug-likeness (QED) is 0.429. The highest BCUT2D eigenvalue weighted by atomic mass is 35.5. The van der Waals surface area contributed by atoms with Crippen LogP contribution in [-0.4, -0.2) is 9.97 Å². The average molecular weight is 213 g/mol. The maximum absolute atomic E-state index is 13.3. The molecule has 0 aliphatic heterocycles. The second-order valence-electron chi connectivity index (χ2n) is 2.62. The summed E-state index contributed by atoms with van der Waals surface area (Å²) in [6, 6.07) is 4.48. The van der Waals surface area contributed by atoms with E-state index in [9.17, 15) is 4.39 Å². The summed E-state index contributed by atoms with van der Waals surface area (Å²) in [7, 11) is 0. The topological polar surface area (TPSA) is 63.8 Å². The standard InChI is InChI=1S/C8H6ClFN4/c9-8-12-5-3-1-2-4(10)6(5)7(13-8)14-11/h1-3H,11H2,(H,12,13,14). The number of nitrogens with one attached hydrogen (secondary N) is 1. The van der Waals surface area contributed by atoms with Gasteiger partial charge in [0.25, 0.3) is 0 Å². The molecule has 0 radical (unpaired) electrons. The molecule has 0 saturated heterocycles. The van der Waals surface area contributed by atoms with Crippen molar-refractivity contribution in [1.29, 1.82) is 0 Å². The first kappa shape index (κ1) is 9.11. The van der Waals surface area contributed by atoms with Gasteiger partial charge in [0.2, 0.25) is 5.28 Å². The molecule has 1 heterocycles. The highest BCUT2D eigenvalue weighted by Crippen LogP contribution is 2.23. The molecule has 0 bridgehead atoms. The fourth-order valence-corrected chi connectivity index (χ4v) is 1.39. The summed E-state index contributed by atoms with van der Waals surface area (Å²) in [5, 5.41) is 0.260. The zero-order chi connectivity index (χ0) is 10.1. The molecule has 1 aromatic carbocycles. The fraction of sp³-hybridized carbons (Fsp3) is 0. The van der Waals surface area contributed by atoms with Crippen molar-refractivity contribution in [3.63, 3.8) is 0 Å². The largest absolute Gasteiger partial charge is 0.308 e. The summed E-state index contributed by atoms with van der Waals surface area (Å²) in [6.07, 6.45) is 0. The molecular weight excluding hydrogens is 207 g/mol. The third-order valence-electron chi connectivity index (χ3n) is 1.78. The van der Waals surface area contributed by atoms with E-state index in [-0.39, 0.29) is 16.5 Å². The van der Waals surface area contributed by atoms with Gasteiger partial charge in [0, 0.05) is 0 Å². The maximum Gasteiger partial charge on any atom is 0.224 e. The number of hydrazine groups is 1. The number of aromatic nitrogens is 2. The second kappa shape index (κ2) is 3.36. The Balaban J connectivity index is 2.88. The first-order chi connectivity index (χ1) is 6.72. The van der Waals surface area contributed by atoms with Crippen molar-refractivity contribution in [1.82, 2.24) is 9.97 Å². The van der Waals surface area contributed by atoms with Crippen LogP contribution >= 0.6 is 11.6 Å². The Kier molecular flexibility index (Phi) is 2.18. The number of nitrogens with two attached hydrogens (primary N) is 1. The van der Waals surface area contributed by atoms with Gasteiger partial charge in [0.1, 0.15) is 5.82 Å². The van der Waals surface area contributed by atoms with Gasteiger partial charge in [-0.15, -0.1) is 0 Å². The lowest BCUT2D eigenvalue weighted by Gasteiger charge is -2.04. The van der Waals surface area contributed by atoms with Gasteiger partial charge in [0.15, 0.2) is 5.82 Å². The Hall–Kier alpha value is -1.46.